The molecule has 0 saturated carbocycles. The van der Waals surface area contributed by atoms with Crippen LogP contribution in [-0.4, -0.2) is 59.2 Å². The van der Waals surface area contributed by atoms with Crippen molar-refractivity contribution in [2.75, 3.05) is 25.5 Å². The number of ether oxygens (including phenoxy) is 3. The highest BCUT2D eigenvalue weighted by Crippen LogP contribution is 2.38. The van der Waals surface area contributed by atoms with Crippen LogP contribution in [0.2, 0.25) is 0 Å². The average molecular weight is 555 g/mol. The number of benzene rings is 1. The van der Waals surface area contributed by atoms with Gasteiger partial charge in [-0.15, -0.1) is 16.8 Å². The second kappa shape index (κ2) is 11.7. The molecular weight excluding hydrogens is 524 g/mol. The number of para-hydroxylation sites is 1. The summed E-state index contributed by atoms with van der Waals surface area (Å²) in [6.45, 7) is 8.87. The maximum atomic E-state index is 13.7. The van der Waals surface area contributed by atoms with Crippen LogP contribution in [0.25, 0.3) is 17.3 Å². The van der Waals surface area contributed by atoms with Gasteiger partial charge in [0.1, 0.15) is 34.3 Å². The maximum absolute atomic E-state index is 13.7. The van der Waals surface area contributed by atoms with Crippen LogP contribution in [0.5, 0.6) is 11.5 Å². The van der Waals surface area contributed by atoms with Crippen molar-refractivity contribution in [3.8, 4) is 28.8 Å². The van der Waals surface area contributed by atoms with Gasteiger partial charge in [-0.2, -0.15) is 0 Å². The first kappa shape index (κ1) is 27.8. The highest BCUT2D eigenvalue weighted by Gasteiger charge is 2.35. The first-order valence-corrected chi connectivity index (χ1v) is 13.5. The Balaban J connectivity index is 1.82. The van der Waals surface area contributed by atoms with Crippen molar-refractivity contribution < 1.29 is 27.0 Å². The molecule has 4 aromatic rings. The van der Waals surface area contributed by atoms with Gasteiger partial charge in [0.25, 0.3) is 0 Å². The molecule has 39 heavy (non-hydrogen) atoms. The van der Waals surface area contributed by atoms with E-state index in [-0.39, 0.29) is 24.2 Å². The molecule has 206 valence electrons. The topological polar surface area (TPSA) is 143 Å². The number of sulfonamides is 1. The number of nitrogens with one attached hydrogen (secondary N) is 1. The van der Waals surface area contributed by atoms with Crippen molar-refractivity contribution in [2.24, 2.45) is 0 Å². The molecule has 1 aromatic carbocycles. The number of hydrogen-bond donors (Lipinski definition) is 1. The lowest BCUT2D eigenvalue weighted by molar-refractivity contribution is 0.0670. The number of rotatable bonds is 12. The minimum absolute atomic E-state index is 0.0956. The van der Waals surface area contributed by atoms with Crippen molar-refractivity contribution in [1.82, 2.24) is 24.7 Å². The van der Waals surface area contributed by atoms with Crippen LogP contribution in [0.3, 0.4) is 0 Å². The Labute approximate surface area is 226 Å². The molecule has 0 aliphatic rings. The van der Waals surface area contributed by atoms with Gasteiger partial charge in [-0.3, -0.25) is 9.29 Å². The van der Waals surface area contributed by atoms with Crippen LogP contribution in [-0.2, 0) is 14.8 Å². The van der Waals surface area contributed by atoms with Gasteiger partial charge < -0.3 is 18.6 Å². The molecule has 4 rings (SSSR count). The first-order valence-electron chi connectivity index (χ1n) is 12.0. The molecule has 2 atom stereocenters. The monoisotopic (exact) mass is 554 g/mol. The SMILES string of the molecule is C=CCO[C@@H](c1ncc(C)cn1)[C@H](C)S(=O)(=O)Nc1nnc(-c2ccc(C)o2)n1-c1c(OC)cccc1OC. The molecule has 0 unspecified atom stereocenters. The average Bonchev–Trinajstić information content (AvgIpc) is 3.54. The van der Waals surface area contributed by atoms with E-state index in [9.17, 15) is 8.42 Å². The van der Waals surface area contributed by atoms with E-state index < -0.39 is 21.4 Å². The van der Waals surface area contributed by atoms with E-state index in [1.807, 2.05) is 6.92 Å². The number of aryl methyl sites for hydroxylation is 2. The second-order valence-corrected chi connectivity index (χ2v) is 10.7. The third-order valence-electron chi connectivity index (χ3n) is 5.85. The Bertz CT molecular complexity index is 1530. The Morgan fingerprint density at radius 3 is 2.31 bits per heavy atom. The molecular formula is C26H30N6O6S. The van der Waals surface area contributed by atoms with E-state index in [1.165, 1.54) is 31.8 Å². The summed E-state index contributed by atoms with van der Waals surface area (Å²) >= 11 is 0. The number of hydrogen-bond acceptors (Lipinski definition) is 10. The third-order valence-corrected chi connectivity index (χ3v) is 7.54. The van der Waals surface area contributed by atoms with Gasteiger partial charge in [0.15, 0.2) is 11.6 Å². The fourth-order valence-electron chi connectivity index (χ4n) is 3.85. The summed E-state index contributed by atoms with van der Waals surface area (Å²) in [5.74, 6) is 2.15. The number of anilines is 1. The summed E-state index contributed by atoms with van der Waals surface area (Å²) < 4.78 is 54.3. The minimum atomic E-state index is -4.16. The highest BCUT2D eigenvalue weighted by molar-refractivity contribution is 7.93. The van der Waals surface area contributed by atoms with Crippen LogP contribution in [0.15, 0.2) is 59.8 Å². The minimum Gasteiger partial charge on any atom is -0.494 e. The maximum Gasteiger partial charge on any atom is 0.243 e. The Kier molecular flexibility index (Phi) is 8.31. The quantitative estimate of drug-likeness (QED) is 0.255. The standard InChI is InChI=1S/C26H30N6O6S/c1-7-13-37-23(24-27-14-16(2)15-28-24)18(4)39(33,34)31-26-30-29-25(21-12-11-17(3)38-21)32(26)22-19(35-5)9-8-10-20(22)36-6/h7-12,14-15,18,23H,1,13H2,2-6H3,(H,30,31)/t18-,23+/m0/s1. The van der Waals surface area contributed by atoms with Crippen LogP contribution >= 0.6 is 0 Å². The van der Waals surface area contributed by atoms with Crippen LogP contribution in [0, 0.1) is 13.8 Å². The molecule has 0 amide bonds. The van der Waals surface area contributed by atoms with Crippen LogP contribution in [0.1, 0.15) is 30.2 Å². The van der Waals surface area contributed by atoms with Gasteiger partial charge in [-0.25, -0.2) is 18.4 Å². The molecule has 13 heteroatoms. The molecule has 0 aliphatic carbocycles. The lowest BCUT2D eigenvalue weighted by Crippen LogP contribution is -2.34. The zero-order valence-corrected chi connectivity index (χ0v) is 23.1. The normalized spacial score (nSPS) is 13.1. The van der Waals surface area contributed by atoms with Crippen molar-refractivity contribution >= 4 is 16.0 Å². The fraction of sp³-hybridized carbons (Fsp3) is 0.308. The van der Waals surface area contributed by atoms with Gasteiger partial charge in [-0.1, -0.05) is 12.1 Å². The molecule has 12 nitrogen and oxygen atoms in total. The van der Waals surface area contributed by atoms with E-state index in [4.69, 9.17) is 18.6 Å². The van der Waals surface area contributed by atoms with E-state index >= 15 is 0 Å². The fourth-order valence-corrected chi connectivity index (χ4v) is 4.95. The van der Waals surface area contributed by atoms with Gasteiger partial charge in [0.2, 0.25) is 21.8 Å². The van der Waals surface area contributed by atoms with Crippen molar-refractivity contribution in [3.63, 3.8) is 0 Å². The predicted molar refractivity (Wildman–Crippen MR) is 145 cm³/mol. The van der Waals surface area contributed by atoms with Crippen molar-refractivity contribution in [1.29, 1.82) is 0 Å². The first-order chi connectivity index (χ1) is 18.7. The van der Waals surface area contributed by atoms with E-state index in [0.29, 0.717) is 28.7 Å². The Morgan fingerprint density at radius 2 is 1.74 bits per heavy atom. The molecule has 3 aromatic heterocycles. The van der Waals surface area contributed by atoms with Gasteiger partial charge in [0.05, 0.1) is 20.8 Å². The van der Waals surface area contributed by atoms with Crippen molar-refractivity contribution in [3.05, 3.63) is 72.5 Å². The summed E-state index contributed by atoms with van der Waals surface area (Å²) in [6, 6.07) is 8.65. The van der Waals surface area contributed by atoms with E-state index in [0.717, 1.165) is 5.56 Å². The number of nitrogens with zero attached hydrogens (tertiary/aromatic N) is 5. The molecule has 3 heterocycles. The molecule has 0 bridgehead atoms. The zero-order chi connectivity index (χ0) is 28.2. The van der Waals surface area contributed by atoms with Crippen molar-refractivity contribution in [2.45, 2.75) is 32.1 Å². The lowest BCUT2D eigenvalue weighted by atomic mass is 10.2. The summed E-state index contributed by atoms with van der Waals surface area (Å²) in [7, 11) is -1.17. The third kappa shape index (κ3) is 5.78. The molecule has 0 fully saturated rings. The summed E-state index contributed by atoms with van der Waals surface area (Å²) in [6.07, 6.45) is 3.73. The number of methoxy groups -OCH3 is 2. The summed E-state index contributed by atoms with van der Waals surface area (Å²) in [4.78, 5) is 8.58. The van der Waals surface area contributed by atoms with Gasteiger partial charge >= 0.3 is 0 Å². The lowest BCUT2D eigenvalue weighted by Gasteiger charge is -2.23. The molecule has 0 saturated heterocycles. The Hall–Kier alpha value is -4.23. The summed E-state index contributed by atoms with van der Waals surface area (Å²) in [5, 5.41) is 7.27. The van der Waals surface area contributed by atoms with E-state index in [1.54, 1.807) is 49.6 Å². The number of aromatic nitrogens is 5. The molecule has 0 spiro atoms. The number of furan rings is 1. The molecule has 0 radical (unpaired) electrons. The van der Waals surface area contributed by atoms with Crippen LogP contribution in [0.4, 0.5) is 5.95 Å². The van der Waals surface area contributed by atoms with E-state index in [2.05, 4.69) is 31.5 Å². The largest absolute Gasteiger partial charge is 0.494 e. The van der Waals surface area contributed by atoms with Crippen LogP contribution < -0.4 is 14.2 Å². The predicted octanol–water partition coefficient (Wildman–Crippen LogP) is 4.03. The second-order valence-electron chi connectivity index (χ2n) is 8.62. The summed E-state index contributed by atoms with van der Waals surface area (Å²) in [5.41, 5.74) is 1.21. The highest BCUT2D eigenvalue weighted by atomic mass is 32.2. The molecule has 0 aliphatic heterocycles. The van der Waals surface area contributed by atoms with Gasteiger partial charge in [0, 0.05) is 12.4 Å². The van der Waals surface area contributed by atoms with Gasteiger partial charge in [-0.05, 0) is 50.6 Å². The molecule has 1 N–H and O–H groups in total. The smallest absolute Gasteiger partial charge is 0.243 e. The Morgan fingerprint density at radius 1 is 1.08 bits per heavy atom. The zero-order valence-electron chi connectivity index (χ0n) is 22.3.